The highest BCUT2D eigenvalue weighted by atomic mass is 16.4. The quantitative estimate of drug-likeness (QED) is 0.811. The van der Waals surface area contributed by atoms with E-state index in [1.807, 2.05) is 0 Å². The number of hydrogen-bond donors (Lipinski definition) is 2. The summed E-state index contributed by atoms with van der Waals surface area (Å²) in [6.07, 6.45) is 3.40. The lowest BCUT2D eigenvalue weighted by Gasteiger charge is -2.31. The van der Waals surface area contributed by atoms with Crippen molar-refractivity contribution in [2.75, 3.05) is 13.1 Å². The van der Waals surface area contributed by atoms with Crippen molar-refractivity contribution in [3.05, 3.63) is 18.0 Å². The van der Waals surface area contributed by atoms with E-state index < -0.39 is 5.97 Å². The maximum atomic E-state index is 12.0. The van der Waals surface area contributed by atoms with Crippen LogP contribution in [0.25, 0.3) is 0 Å². The summed E-state index contributed by atoms with van der Waals surface area (Å²) in [5.74, 6) is -0.837. The molecule has 1 saturated heterocycles. The predicted molar refractivity (Wildman–Crippen MR) is 59.5 cm³/mol. The molecule has 2 N–H and O–H groups in total. The summed E-state index contributed by atoms with van der Waals surface area (Å²) in [5, 5.41) is 15.1. The summed E-state index contributed by atoms with van der Waals surface area (Å²) in [4.78, 5) is 24.4. The molecule has 2 heterocycles. The second kappa shape index (κ2) is 4.99. The summed E-state index contributed by atoms with van der Waals surface area (Å²) in [6.45, 7) is 1.21. The van der Waals surface area contributed by atoms with E-state index in [1.165, 1.54) is 6.20 Å². The fourth-order valence-electron chi connectivity index (χ4n) is 2.21. The molecule has 0 aromatic carbocycles. The lowest BCUT2D eigenvalue weighted by molar-refractivity contribution is -0.138. The van der Waals surface area contributed by atoms with Gasteiger partial charge in [0.1, 0.15) is 5.69 Å². The van der Waals surface area contributed by atoms with Crippen LogP contribution in [0.2, 0.25) is 0 Å². The molecule has 0 spiro atoms. The fraction of sp³-hybridized carbons (Fsp3) is 0.545. The normalized spacial score (nSPS) is 20.2. The van der Waals surface area contributed by atoms with E-state index in [9.17, 15) is 9.59 Å². The Labute approximate surface area is 98.6 Å². The second-order valence-electron chi connectivity index (χ2n) is 4.33. The molecule has 1 unspecified atom stereocenters. The van der Waals surface area contributed by atoms with E-state index in [0.29, 0.717) is 18.8 Å². The molecule has 1 aromatic heterocycles. The summed E-state index contributed by atoms with van der Waals surface area (Å²) < 4.78 is 0. The zero-order chi connectivity index (χ0) is 12.3. The fourth-order valence-corrected chi connectivity index (χ4v) is 2.21. The van der Waals surface area contributed by atoms with Crippen LogP contribution < -0.4 is 0 Å². The van der Waals surface area contributed by atoms with Gasteiger partial charge in [-0.25, -0.2) is 0 Å². The number of carboxylic acid groups (broad SMARTS) is 1. The number of aliphatic carboxylic acids is 1. The molecule has 0 radical (unpaired) electrons. The molecular formula is C11H15N3O3. The third-order valence-corrected chi connectivity index (χ3v) is 3.00. The highest BCUT2D eigenvalue weighted by molar-refractivity contribution is 5.92. The number of aromatic amines is 1. The van der Waals surface area contributed by atoms with E-state index in [1.54, 1.807) is 11.0 Å². The van der Waals surface area contributed by atoms with Gasteiger partial charge in [-0.05, 0) is 24.8 Å². The number of likely N-dealkylation sites (tertiary alicyclic amines) is 1. The summed E-state index contributed by atoms with van der Waals surface area (Å²) >= 11 is 0. The number of carbonyl (C=O) groups excluding carboxylic acids is 1. The van der Waals surface area contributed by atoms with Gasteiger partial charge in [0.15, 0.2) is 0 Å². The van der Waals surface area contributed by atoms with Gasteiger partial charge >= 0.3 is 5.97 Å². The molecule has 1 amide bonds. The van der Waals surface area contributed by atoms with Gasteiger partial charge in [-0.3, -0.25) is 14.7 Å². The molecule has 1 aromatic rings. The third kappa shape index (κ3) is 2.83. The van der Waals surface area contributed by atoms with E-state index >= 15 is 0 Å². The first-order chi connectivity index (χ1) is 8.16. The number of carboxylic acids is 1. The number of carbonyl (C=O) groups is 2. The summed E-state index contributed by atoms with van der Waals surface area (Å²) in [6, 6.07) is 1.63. The Balaban J connectivity index is 1.97. The minimum atomic E-state index is -0.800. The van der Waals surface area contributed by atoms with Gasteiger partial charge in [-0.15, -0.1) is 0 Å². The van der Waals surface area contributed by atoms with E-state index in [4.69, 9.17) is 5.11 Å². The van der Waals surface area contributed by atoms with Gasteiger partial charge in [0.05, 0.1) is 0 Å². The van der Waals surface area contributed by atoms with Crippen molar-refractivity contribution in [3.8, 4) is 0 Å². The average Bonchev–Trinajstić information content (AvgIpc) is 2.81. The topological polar surface area (TPSA) is 86.3 Å². The van der Waals surface area contributed by atoms with Crippen molar-refractivity contribution in [1.29, 1.82) is 0 Å². The van der Waals surface area contributed by atoms with Crippen LogP contribution in [0.3, 0.4) is 0 Å². The molecule has 6 nitrogen and oxygen atoms in total. The summed E-state index contributed by atoms with van der Waals surface area (Å²) in [7, 11) is 0. The first-order valence-electron chi connectivity index (χ1n) is 5.67. The average molecular weight is 237 g/mol. The summed E-state index contributed by atoms with van der Waals surface area (Å²) in [5.41, 5.74) is 0.459. The van der Waals surface area contributed by atoms with E-state index in [-0.39, 0.29) is 18.2 Å². The van der Waals surface area contributed by atoms with Crippen LogP contribution in [-0.4, -0.2) is 45.2 Å². The number of rotatable bonds is 3. The van der Waals surface area contributed by atoms with Crippen molar-refractivity contribution in [2.45, 2.75) is 19.3 Å². The van der Waals surface area contributed by atoms with Crippen molar-refractivity contribution in [2.24, 2.45) is 5.92 Å². The minimum absolute atomic E-state index is 0.0631. The van der Waals surface area contributed by atoms with Crippen molar-refractivity contribution >= 4 is 11.9 Å². The van der Waals surface area contributed by atoms with Crippen LogP contribution in [0, 0.1) is 5.92 Å². The first kappa shape index (κ1) is 11.6. The van der Waals surface area contributed by atoms with Gasteiger partial charge in [-0.1, -0.05) is 0 Å². The Morgan fingerprint density at radius 1 is 1.59 bits per heavy atom. The lowest BCUT2D eigenvalue weighted by atomic mass is 9.95. The largest absolute Gasteiger partial charge is 0.481 e. The van der Waals surface area contributed by atoms with Gasteiger partial charge in [0.2, 0.25) is 0 Å². The van der Waals surface area contributed by atoms with Crippen LogP contribution in [0.4, 0.5) is 0 Å². The second-order valence-corrected chi connectivity index (χ2v) is 4.33. The van der Waals surface area contributed by atoms with Gasteiger partial charge in [0, 0.05) is 25.7 Å². The number of nitrogens with zero attached hydrogens (tertiary/aromatic N) is 2. The van der Waals surface area contributed by atoms with Crippen molar-refractivity contribution in [1.82, 2.24) is 15.1 Å². The smallest absolute Gasteiger partial charge is 0.303 e. The maximum Gasteiger partial charge on any atom is 0.303 e. The number of aromatic nitrogens is 2. The SMILES string of the molecule is O=C(O)CC1CCCN(C(=O)c2ccn[nH]2)C1. The molecule has 0 bridgehead atoms. The van der Waals surface area contributed by atoms with Gasteiger partial charge in [-0.2, -0.15) is 5.10 Å². The highest BCUT2D eigenvalue weighted by Crippen LogP contribution is 2.20. The van der Waals surface area contributed by atoms with E-state index in [0.717, 1.165) is 12.8 Å². The Morgan fingerprint density at radius 3 is 3.06 bits per heavy atom. The Kier molecular flexibility index (Phi) is 3.41. The molecule has 1 atom stereocenters. The Hall–Kier alpha value is -1.85. The maximum absolute atomic E-state index is 12.0. The molecule has 0 saturated carbocycles. The molecule has 1 aliphatic heterocycles. The lowest BCUT2D eigenvalue weighted by Crippen LogP contribution is -2.40. The van der Waals surface area contributed by atoms with E-state index in [2.05, 4.69) is 10.2 Å². The molecular weight excluding hydrogens is 222 g/mol. The number of amides is 1. The Bertz CT molecular complexity index is 402. The van der Waals surface area contributed by atoms with Gasteiger partial charge < -0.3 is 10.0 Å². The van der Waals surface area contributed by atoms with Crippen molar-refractivity contribution in [3.63, 3.8) is 0 Å². The van der Waals surface area contributed by atoms with Crippen LogP contribution in [0.1, 0.15) is 29.8 Å². The van der Waals surface area contributed by atoms with Crippen molar-refractivity contribution < 1.29 is 14.7 Å². The van der Waals surface area contributed by atoms with Gasteiger partial charge in [0.25, 0.3) is 5.91 Å². The number of H-pyrrole nitrogens is 1. The zero-order valence-corrected chi connectivity index (χ0v) is 9.43. The van der Waals surface area contributed by atoms with Crippen LogP contribution in [-0.2, 0) is 4.79 Å². The number of piperidine rings is 1. The Morgan fingerprint density at radius 2 is 2.41 bits per heavy atom. The molecule has 6 heteroatoms. The zero-order valence-electron chi connectivity index (χ0n) is 9.43. The third-order valence-electron chi connectivity index (χ3n) is 3.00. The molecule has 0 aliphatic carbocycles. The van der Waals surface area contributed by atoms with Crippen LogP contribution in [0.15, 0.2) is 12.3 Å². The number of hydrogen-bond acceptors (Lipinski definition) is 3. The predicted octanol–water partition coefficient (Wildman–Crippen LogP) is 0.737. The minimum Gasteiger partial charge on any atom is -0.481 e. The first-order valence-corrected chi connectivity index (χ1v) is 5.67. The van der Waals surface area contributed by atoms with Crippen LogP contribution >= 0.6 is 0 Å². The number of nitrogens with one attached hydrogen (secondary N) is 1. The standard InChI is InChI=1S/C11H15N3O3/c15-10(16)6-8-2-1-5-14(7-8)11(17)9-3-4-12-13-9/h3-4,8H,1-2,5-7H2,(H,12,13)(H,15,16). The molecule has 2 rings (SSSR count). The highest BCUT2D eigenvalue weighted by Gasteiger charge is 2.26. The molecule has 17 heavy (non-hydrogen) atoms. The monoisotopic (exact) mass is 237 g/mol. The molecule has 92 valence electrons. The molecule has 1 fully saturated rings. The van der Waals surface area contributed by atoms with Crippen LogP contribution in [0.5, 0.6) is 0 Å². The molecule has 1 aliphatic rings.